The second-order valence-corrected chi connectivity index (χ2v) is 6.99. The highest BCUT2D eigenvalue weighted by molar-refractivity contribution is 7.90. The van der Waals surface area contributed by atoms with Crippen molar-refractivity contribution in [1.82, 2.24) is 0 Å². The van der Waals surface area contributed by atoms with Gasteiger partial charge in [0.15, 0.2) is 9.84 Å². The highest BCUT2D eigenvalue weighted by atomic mass is 32.2. The van der Waals surface area contributed by atoms with E-state index in [1.165, 1.54) is 24.3 Å². The molecule has 110 valence electrons. The van der Waals surface area contributed by atoms with E-state index >= 15 is 0 Å². The largest absolute Gasteiger partial charge is 0.478 e. The Hall–Kier alpha value is -2.14. The molecule has 0 heterocycles. The average Bonchev–Trinajstić information content (AvgIpc) is 2.38. The first kappa shape index (κ1) is 15.3. The number of hydrogen-bond donors (Lipinski definition) is 1. The molecule has 0 amide bonds. The zero-order valence-corrected chi connectivity index (χ0v) is 12.6. The molecule has 21 heavy (non-hydrogen) atoms. The summed E-state index contributed by atoms with van der Waals surface area (Å²) in [4.78, 5) is 11.1. The van der Waals surface area contributed by atoms with Gasteiger partial charge in [0.25, 0.3) is 0 Å². The maximum Gasteiger partial charge on any atom is 0.335 e. The Morgan fingerprint density at radius 3 is 2.19 bits per heavy atom. The number of benzene rings is 2. The molecule has 1 N–H and O–H groups in total. The summed E-state index contributed by atoms with van der Waals surface area (Å²) in [7, 11) is -3.44. The van der Waals surface area contributed by atoms with E-state index in [1.807, 2.05) is 13.0 Å². The van der Waals surface area contributed by atoms with Crippen LogP contribution in [0.1, 0.15) is 27.0 Å². The minimum absolute atomic E-state index is 0.141. The highest BCUT2D eigenvalue weighted by Gasteiger charge is 2.18. The predicted octanol–water partition coefficient (Wildman–Crippen LogP) is 2.98. The van der Waals surface area contributed by atoms with Crippen molar-refractivity contribution in [3.05, 3.63) is 64.7 Å². The van der Waals surface area contributed by atoms with Crippen molar-refractivity contribution in [2.75, 3.05) is 0 Å². The predicted molar refractivity (Wildman–Crippen MR) is 80.2 cm³/mol. The van der Waals surface area contributed by atoms with Crippen LogP contribution in [0.5, 0.6) is 0 Å². The van der Waals surface area contributed by atoms with Crippen LogP contribution in [0.15, 0.2) is 47.4 Å². The number of carboxylic acid groups (broad SMARTS) is 1. The van der Waals surface area contributed by atoms with Gasteiger partial charge in [-0.15, -0.1) is 0 Å². The summed E-state index contributed by atoms with van der Waals surface area (Å²) >= 11 is 0. The van der Waals surface area contributed by atoms with Gasteiger partial charge in [-0.2, -0.15) is 0 Å². The Labute approximate surface area is 124 Å². The van der Waals surface area contributed by atoms with Gasteiger partial charge in [0.2, 0.25) is 0 Å². The zero-order chi connectivity index (χ0) is 15.6. The lowest BCUT2D eigenvalue weighted by molar-refractivity contribution is 0.0697. The number of hydrogen-bond acceptors (Lipinski definition) is 3. The lowest BCUT2D eigenvalue weighted by Gasteiger charge is -2.09. The van der Waals surface area contributed by atoms with Crippen molar-refractivity contribution in [2.45, 2.75) is 24.5 Å². The van der Waals surface area contributed by atoms with Gasteiger partial charge in [-0.05, 0) is 43.2 Å². The molecule has 2 rings (SSSR count). The fourth-order valence-corrected chi connectivity index (χ4v) is 3.80. The standard InChI is InChI=1S/C16H16O4S/c1-11-3-8-15(12(2)9-11)21(19,20)10-13-4-6-14(7-5-13)16(17)18/h3-9H,10H2,1-2H3,(H,17,18). The molecule has 0 aliphatic rings. The molecule has 0 bridgehead atoms. The molecule has 0 spiro atoms. The van der Waals surface area contributed by atoms with Gasteiger partial charge in [-0.3, -0.25) is 0 Å². The number of aryl methyl sites for hydroxylation is 2. The van der Waals surface area contributed by atoms with Crippen LogP contribution in [0.4, 0.5) is 0 Å². The van der Waals surface area contributed by atoms with Gasteiger partial charge in [-0.25, -0.2) is 13.2 Å². The van der Waals surface area contributed by atoms with Crippen LogP contribution >= 0.6 is 0 Å². The summed E-state index contributed by atoms with van der Waals surface area (Å²) in [6.07, 6.45) is 0. The van der Waals surface area contributed by atoms with Crippen molar-refractivity contribution in [3.63, 3.8) is 0 Å². The lowest BCUT2D eigenvalue weighted by atomic mass is 10.1. The molecule has 2 aromatic carbocycles. The van der Waals surface area contributed by atoms with Crippen LogP contribution in [-0.4, -0.2) is 19.5 Å². The van der Waals surface area contributed by atoms with E-state index in [-0.39, 0.29) is 11.3 Å². The minimum Gasteiger partial charge on any atom is -0.478 e. The van der Waals surface area contributed by atoms with Crippen molar-refractivity contribution in [2.24, 2.45) is 0 Å². The Balaban J connectivity index is 2.30. The molecule has 0 aromatic heterocycles. The Morgan fingerprint density at radius 1 is 1.05 bits per heavy atom. The van der Waals surface area contributed by atoms with Crippen molar-refractivity contribution in [3.8, 4) is 0 Å². The zero-order valence-electron chi connectivity index (χ0n) is 11.8. The number of carbonyl (C=O) groups is 1. The second kappa shape index (κ2) is 5.69. The van der Waals surface area contributed by atoms with Crippen molar-refractivity contribution < 1.29 is 18.3 Å². The van der Waals surface area contributed by atoms with Crippen molar-refractivity contribution in [1.29, 1.82) is 0 Å². The molecule has 5 heteroatoms. The highest BCUT2D eigenvalue weighted by Crippen LogP contribution is 2.21. The quantitative estimate of drug-likeness (QED) is 0.942. The topological polar surface area (TPSA) is 71.4 Å². The van der Waals surface area contributed by atoms with E-state index in [0.717, 1.165) is 11.1 Å². The molecule has 0 saturated heterocycles. The summed E-state index contributed by atoms with van der Waals surface area (Å²) in [5.74, 6) is -1.17. The third-order valence-corrected chi connectivity index (χ3v) is 5.06. The fraction of sp³-hybridized carbons (Fsp3) is 0.188. The van der Waals surface area contributed by atoms with Crippen molar-refractivity contribution >= 4 is 15.8 Å². The first-order valence-electron chi connectivity index (χ1n) is 6.42. The number of rotatable bonds is 4. The second-order valence-electron chi connectivity index (χ2n) is 5.03. The van der Waals surface area contributed by atoms with Crippen LogP contribution in [0.25, 0.3) is 0 Å². The average molecular weight is 304 g/mol. The summed E-state index contributed by atoms with van der Waals surface area (Å²) < 4.78 is 24.9. The maximum atomic E-state index is 12.4. The van der Waals surface area contributed by atoms with Gasteiger partial charge in [-0.1, -0.05) is 29.8 Å². The number of sulfone groups is 1. The molecule has 0 unspecified atom stereocenters. The van der Waals surface area contributed by atoms with Gasteiger partial charge >= 0.3 is 5.97 Å². The monoisotopic (exact) mass is 304 g/mol. The number of carboxylic acids is 1. The molecular weight excluding hydrogens is 288 g/mol. The van der Waals surface area contributed by atoms with Gasteiger partial charge in [0.05, 0.1) is 16.2 Å². The van der Waals surface area contributed by atoms with E-state index in [2.05, 4.69) is 0 Å². The minimum atomic E-state index is -3.44. The smallest absolute Gasteiger partial charge is 0.335 e. The van der Waals surface area contributed by atoms with E-state index in [1.54, 1.807) is 19.1 Å². The SMILES string of the molecule is Cc1ccc(S(=O)(=O)Cc2ccc(C(=O)O)cc2)c(C)c1. The van der Waals surface area contributed by atoms with Gasteiger partial charge in [0.1, 0.15) is 0 Å². The summed E-state index contributed by atoms with van der Waals surface area (Å²) in [5.41, 5.74) is 2.44. The molecule has 0 atom stereocenters. The summed E-state index contributed by atoms with van der Waals surface area (Å²) in [6.45, 7) is 3.68. The van der Waals surface area contributed by atoms with Gasteiger partial charge < -0.3 is 5.11 Å². The van der Waals surface area contributed by atoms with Crippen LogP contribution in [0, 0.1) is 13.8 Å². The Bertz CT molecular complexity index is 774. The third-order valence-electron chi connectivity index (χ3n) is 3.22. The summed E-state index contributed by atoms with van der Waals surface area (Å²) in [5, 5.41) is 8.83. The molecule has 4 nitrogen and oxygen atoms in total. The van der Waals surface area contributed by atoms with Crippen LogP contribution < -0.4 is 0 Å². The van der Waals surface area contributed by atoms with E-state index in [4.69, 9.17) is 5.11 Å². The maximum absolute atomic E-state index is 12.4. The first-order chi connectivity index (χ1) is 9.79. The third kappa shape index (κ3) is 3.49. The molecular formula is C16H16O4S. The molecule has 0 saturated carbocycles. The lowest BCUT2D eigenvalue weighted by Crippen LogP contribution is -2.07. The molecule has 0 aliphatic heterocycles. The first-order valence-corrected chi connectivity index (χ1v) is 8.07. The summed E-state index contributed by atoms with van der Waals surface area (Å²) in [6, 6.07) is 11.1. The molecule has 0 fully saturated rings. The van der Waals surface area contributed by atoms with E-state index in [0.29, 0.717) is 10.5 Å². The van der Waals surface area contributed by atoms with Crippen LogP contribution in [0.3, 0.4) is 0 Å². The Morgan fingerprint density at radius 2 is 1.67 bits per heavy atom. The number of aromatic carboxylic acids is 1. The Kier molecular flexibility index (Phi) is 4.14. The van der Waals surface area contributed by atoms with E-state index < -0.39 is 15.8 Å². The molecule has 0 aliphatic carbocycles. The molecule has 2 aromatic rings. The fourth-order valence-electron chi connectivity index (χ4n) is 2.19. The van der Waals surface area contributed by atoms with E-state index in [9.17, 15) is 13.2 Å². The normalized spacial score (nSPS) is 11.3. The van der Waals surface area contributed by atoms with Crippen LogP contribution in [-0.2, 0) is 15.6 Å². The molecule has 0 radical (unpaired) electrons. The van der Waals surface area contributed by atoms with Gasteiger partial charge in [0, 0.05) is 0 Å². The van der Waals surface area contributed by atoms with Crippen LogP contribution in [0.2, 0.25) is 0 Å².